The maximum Gasteiger partial charge on any atom is 0.321 e. The quantitative estimate of drug-likeness (QED) is 0.465. The van der Waals surface area contributed by atoms with Crippen molar-refractivity contribution in [2.75, 3.05) is 14.1 Å². The SMILES string of the molecule is Cc1ccc(-c2nc(COc3cccc(CN(C(C)C(=O)O)S(=O)(=O)N(C)C)c3)c(C)o2)cc1. The topological polar surface area (TPSA) is 113 Å². The van der Waals surface area contributed by atoms with Crippen LogP contribution in [-0.2, 0) is 28.2 Å². The molecule has 0 bridgehead atoms. The van der Waals surface area contributed by atoms with Gasteiger partial charge in [0.25, 0.3) is 10.2 Å². The lowest BCUT2D eigenvalue weighted by atomic mass is 10.1. The number of oxazole rings is 1. The fraction of sp³-hybridized carbons (Fsp3) is 0.333. The van der Waals surface area contributed by atoms with E-state index < -0.39 is 22.2 Å². The van der Waals surface area contributed by atoms with E-state index >= 15 is 0 Å². The van der Waals surface area contributed by atoms with Crippen LogP contribution < -0.4 is 4.74 Å². The highest BCUT2D eigenvalue weighted by atomic mass is 32.2. The summed E-state index contributed by atoms with van der Waals surface area (Å²) < 4.78 is 39.0. The minimum Gasteiger partial charge on any atom is -0.487 e. The number of nitrogens with zero attached hydrogens (tertiary/aromatic N) is 3. The fourth-order valence-corrected chi connectivity index (χ4v) is 4.42. The molecule has 3 rings (SSSR count). The van der Waals surface area contributed by atoms with Crippen molar-refractivity contribution >= 4 is 16.2 Å². The average Bonchev–Trinajstić information content (AvgIpc) is 3.16. The lowest BCUT2D eigenvalue weighted by Gasteiger charge is -2.28. The third-order valence-electron chi connectivity index (χ3n) is 5.35. The van der Waals surface area contributed by atoms with E-state index in [9.17, 15) is 18.3 Å². The number of aliphatic carboxylic acids is 1. The Labute approximate surface area is 199 Å². The molecule has 1 heterocycles. The Morgan fingerprint density at radius 1 is 1.15 bits per heavy atom. The Morgan fingerprint density at radius 3 is 2.44 bits per heavy atom. The molecule has 0 radical (unpaired) electrons. The summed E-state index contributed by atoms with van der Waals surface area (Å²) in [6.07, 6.45) is 0. The Hall–Kier alpha value is -3.21. The lowest BCUT2D eigenvalue weighted by molar-refractivity contribution is -0.141. The smallest absolute Gasteiger partial charge is 0.321 e. The molecule has 1 atom stereocenters. The van der Waals surface area contributed by atoms with Gasteiger partial charge in [-0.2, -0.15) is 17.0 Å². The number of aromatic nitrogens is 1. The van der Waals surface area contributed by atoms with E-state index in [0.29, 0.717) is 28.7 Å². The zero-order valence-corrected chi connectivity index (χ0v) is 20.7. The molecule has 0 aliphatic heterocycles. The van der Waals surface area contributed by atoms with Gasteiger partial charge < -0.3 is 14.3 Å². The molecule has 182 valence electrons. The zero-order chi connectivity index (χ0) is 25.0. The summed E-state index contributed by atoms with van der Waals surface area (Å²) in [7, 11) is -1.23. The summed E-state index contributed by atoms with van der Waals surface area (Å²) in [5.41, 5.74) is 3.26. The van der Waals surface area contributed by atoms with Gasteiger partial charge in [-0.1, -0.05) is 29.8 Å². The molecule has 0 aliphatic rings. The van der Waals surface area contributed by atoms with Crippen molar-refractivity contribution in [3.05, 3.63) is 71.1 Å². The Balaban J connectivity index is 1.76. The second kappa shape index (κ2) is 10.4. The molecule has 3 aromatic rings. The maximum atomic E-state index is 12.7. The van der Waals surface area contributed by atoms with Gasteiger partial charge in [-0.25, -0.2) is 4.98 Å². The molecule has 1 unspecified atom stereocenters. The second-order valence-electron chi connectivity index (χ2n) is 8.17. The molecule has 34 heavy (non-hydrogen) atoms. The molecule has 0 aliphatic carbocycles. The number of hydrogen-bond donors (Lipinski definition) is 1. The Morgan fingerprint density at radius 2 is 1.82 bits per heavy atom. The van der Waals surface area contributed by atoms with Gasteiger partial charge in [-0.3, -0.25) is 4.79 Å². The Kier molecular flexibility index (Phi) is 7.75. The largest absolute Gasteiger partial charge is 0.487 e. The molecule has 9 nitrogen and oxygen atoms in total. The minimum absolute atomic E-state index is 0.119. The summed E-state index contributed by atoms with van der Waals surface area (Å²) in [5.74, 6) is 0.424. The first kappa shape index (κ1) is 25.4. The molecule has 0 saturated heterocycles. The molecular formula is C24H29N3O6S. The van der Waals surface area contributed by atoms with Crippen LogP contribution in [0.15, 0.2) is 52.9 Å². The summed E-state index contributed by atoms with van der Waals surface area (Å²) in [6, 6.07) is 13.5. The standard InChI is InChI=1S/C24H29N3O6S/c1-16-9-11-20(12-10-16)23-25-22(18(3)33-23)15-32-21-8-6-7-19(13-21)14-27(17(2)24(28)29)34(30,31)26(4)5/h6-13,17H,14-15H2,1-5H3,(H,28,29). The van der Waals surface area contributed by atoms with Gasteiger partial charge in [0, 0.05) is 26.2 Å². The van der Waals surface area contributed by atoms with Gasteiger partial charge in [0.05, 0.1) is 0 Å². The van der Waals surface area contributed by atoms with Crippen LogP contribution in [0.1, 0.15) is 29.5 Å². The van der Waals surface area contributed by atoms with Gasteiger partial charge in [0.15, 0.2) is 0 Å². The third-order valence-corrected chi connectivity index (χ3v) is 7.31. The van der Waals surface area contributed by atoms with Crippen LogP contribution in [0.4, 0.5) is 0 Å². The average molecular weight is 488 g/mol. The first-order valence-electron chi connectivity index (χ1n) is 10.7. The minimum atomic E-state index is -3.96. The first-order chi connectivity index (χ1) is 16.0. The van der Waals surface area contributed by atoms with Gasteiger partial charge in [0.1, 0.15) is 29.9 Å². The lowest BCUT2D eigenvalue weighted by Crippen LogP contribution is -2.47. The number of benzene rings is 2. The fourth-order valence-electron chi connectivity index (χ4n) is 3.20. The van der Waals surface area contributed by atoms with Crippen molar-refractivity contribution in [1.82, 2.24) is 13.6 Å². The summed E-state index contributed by atoms with van der Waals surface area (Å²) >= 11 is 0. The van der Waals surface area contributed by atoms with Crippen LogP contribution in [0.5, 0.6) is 5.75 Å². The van der Waals surface area contributed by atoms with E-state index in [2.05, 4.69) is 4.98 Å². The van der Waals surface area contributed by atoms with Crippen molar-refractivity contribution in [1.29, 1.82) is 0 Å². The predicted octanol–water partition coefficient (Wildman–Crippen LogP) is 3.62. The van der Waals surface area contributed by atoms with Crippen LogP contribution in [0.2, 0.25) is 0 Å². The van der Waals surface area contributed by atoms with E-state index in [1.807, 2.05) is 38.1 Å². The molecule has 0 spiro atoms. The highest BCUT2D eigenvalue weighted by molar-refractivity contribution is 7.86. The highest BCUT2D eigenvalue weighted by Gasteiger charge is 2.33. The predicted molar refractivity (Wildman–Crippen MR) is 127 cm³/mol. The van der Waals surface area contributed by atoms with Crippen LogP contribution in [0.25, 0.3) is 11.5 Å². The number of carboxylic acids is 1. The number of carboxylic acid groups (broad SMARTS) is 1. The van der Waals surface area contributed by atoms with Crippen LogP contribution in [0, 0.1) is 13.8 Å². The first-order valence-corrected chi connectivity index (χ1v) is 12.1. The van der Waals surface area contributed by atoms with E-state index in [4.69, 9.17) is 9.15 Å². The number of ether oxygens (including phenoxy) is 1. The van der Waals surface area contributed by atoms with Crippen molar-refractivity contribution < 1.29 is 27.5 Å². The van der Waals surface area contributed by atoms with Gasteiger partial charge in [-0.15, -0.1) is 0 Å². The van der Waals surface area contributed by atoms with E-state index in [0.717, 1.165) is 19.7 Å². The number of carbonyl (C=O) groups is 1. The van der Waals surface area contributed by atoms with Crippen molar-refractivity contribution in [2.45, 2.75) is 40.0 Å². The van der Waals surface area contributed by atoms with Crippen molar-refractivity contribution in [2.24, 2.45) is 0 Å². The van der Waals surface area contributed by atoms with E-state index in [1.165, 1.54) is 21.0 Å². The van der Waals surface area contributed by atoms with E-state index in [1.54, 1.807) is 24.3 Å². The Bertz CT molecular complexity index is 1250. The molecule has 0 fully saturated rings. The normalized spacial score (nSPS) is 12.8. The van der Waals surface area contributed by atoms with Crippen LogP contribution >= 0.6 is 0 Å². The molecule has 0 saturated carbocycles. The summed E-state index contributed by atoms with van der Waals surface area (Å²) in [5, 5.41) is 9.40. The third kappa shape index (κ3) is 5.82. The van der Waals surface area contributed by atoms with Crippen molar-refractivity contribution in [3.63, 3.8) is 0 Å². The maximum absolute atomic E-state index is 12.7. The van der Waals surface area contributed by atoms with Gasteiger partial charge in [0.2, 0.25) is 5.89 Å². The molecule has 0 amide bonds. The van der Waals surface area contributed by atoms with E-state index in [-0.39, 0.29) is 13.2 Å². The highest BCUT2D eigenvalue weighted by Crippen LogP contribution is 2.24. The van der Waals surface area contributed by atoms with Crippen molar-refractivity contribution in [3.8, 4) is 17.2 Å². The molecule has 10 heteroatoms. The van der Waals surface area contributed by atoms with Crippen LogP contribution in [0.3, 0.4) is 0 Å². The number of rotatable bonds is 10. The summed E-state index contributed by atoms with van der Waals surface area (Å²) in [4.78, 5) is 16.1. The second-order valence-corrected chi connectivity index (χ2v) is 10.3. The zero-order valence-electron chi connectivity index (χ0n) is 19.8. The molecule has 2 aromatic carbocycles. The monoisotopic (exact) mass is 487 g/mol. The summed E-state index contributed by atoms with van der Waals surface area (Å²) in [6.45, 7) is 5.21. The van der Waals surface area contributed by atoms with Crippen LogP contribution in [-0.4, -0.2) is 53.2 Å². The van der Waals surface area contributed by atoms with Gasteiger partial charge >= 0.3 is 5.97 Å². The molecule has 1 aromatic heterocycles. The number of hydrogen-bond acceptors (Lipinski definition) is 6. The number of aryl methyl sites for hydroxylation is 2. The van der Waals surface area contributed by atoms with Gasteiger partial charge in [-0.05, 0) is 50.6 Å². The molecule has 1 N–H and O–H groups in total. The molecular weight excluding hydrogens is 458 g/mol.